The number of anilines is 1. The molecule has 4 aromatic rings. The maximum absolute atomic E-state index is 13.1. The van der Waals surface area contributed by atoms with Crippen molar-refractivity contribution in [1.82, 2.24) is 0 Å². The zero-order valence-electron chi connectivity index (χ0n) is 20.4. The summed E-state index contributed by atoms with van der Waals surface area (Å²) in [5.41, 5.74) is 8.87. The van der Waals surface area contributed by atoms with Crippen LogP contribution in [0.25, 0.3) is 22.1 Å². The summed E-state index contributed by atoms with van der Waals surface area (Å²) in [6, 6.07) is 15.8. The standard InChI is InChI=1S/C29H31NO3/c1-16(2)21-8-10-22(11-9-21)26-20(6)33-28-18(4)17(3)27(19(5)25(26)28)30-29(31)23-12-14-24(32-7)15-13-23/h8-16H,1-7H3,(H,30,31). The molecule has 3 aromatic carbocycles. The van der Waals surface area contributed by atoms with Crippen LogP contribution in [-0.2, 0) is 0 Å². The van der Waals surface area contributed by atoms with Crippen molar-refractivity contribution in [2.45, 2.75) is 47.5 Å². The van der Waals surface area contributed by atoms with Crippen molar-refractivity contribution in [2.75, 3.05) is 12.4 Å². The van der Waals surface area contributed by atoms with E-state index in [1.165, 1.54) is 5.56 Å². The molecule has 4 rings (SSSR count). The molecule has 0 saturated carbocycles. The first-order valence-electron chi connectivity index (χ1n) is 11.3. The summed E-state index contributed by atoms with van der Waals surface area (Å²) in [5, 5.41) is 4.21. The molecule has 0 saturated heterocycles. The largest absolute Gasteiger partial charge is 0.497 e. The Bertz CT molecular complexity index is 1330. The molecular weight excluding hydrogens is 410 g/mol. The van der Waals surface area contributed by atoms with Crippen molar-refractivity contribution in [2.24, 2.45) is 0 Å². The van der Waals surface area contributed by atoms with E-state index < -0.39 is 0 Å². The minimum atomic E-state index is -0.148. The van der Waals surface area contributed by atoms with E-state index in [1.54, 1.807) is 31.4 Å². The van der Waals surface area contributed by atoms with E-state index in [4.69, 9.17) is 9.15 Å². The van der Waals surface area contributed by atoms with Crippen LogP contribution in [0.2, 0.25) is 0 Å². The monoisotopic (exact) mass is 441 g/mol. The third-order valence-corrected chi connectivity index (χ3v) is 6.57. The van der Waals surface area contributed by atoms with Crippen LogP contribution in [0.3, 0.4) is 0 Å². The SMILES string of the molecule is COc1ccc(C(=O)Nc2c(C)c(C)c3oc(C)c(-c4ccc(C(C)C)cc4)c3c2C)cc1. The molecule has 1 amide bonds. The quantitative estimate of drug-likeness (QED) is 0.345. The maximum atomic E-state index is 13.1. The average Bonchev–Trinajstić information content (AvgIpc) is 3.17. The van der Waals surface area contributed by atoms with E-state index in [2.05, 4.69) is 57.3 Å². The van der Waals surface area contributed by atoms with E-state index in [0.717, 1.165) is 56.0 Å². The number of carbonyl (C=O) groups is 1. The molecular formula is C29H31NO3. The van der Waals surface area contributed by atoms with Crippen LogP contribution >= 0.6 is 0 Å². The van der Waals surface area contributed by atoms with Gasteiger partial charge in [-0.2, -0.15) is 0 Å². The van der Waals surface area contributed by atoms with Gasteiger partial charge in [0, 0.05) is 22.2 Å². The molecule has 4 heteroatoms. The van der Waals surface area contributed by atoms with Gasteiger partial charge in [0.05, 0.1) is 7.11 Å². The highest BCUT2D eigenvalue weighted by molar-refractivity contribution is 6.09. The van der Waals surface area contributed by atoms with Crippen molar-refractivity contribution < 1.29 is 13.9 Å². The number of hydrogen-bond donors (Lipinski definition) is 1. The number of hydrogen-bond acceptors (Lipinski definition) is 3. The average molecular weight is 442 g/mol. The summed E-state index contributed by atoms with van der Waals surface area (Å²) >= 11 is 0. The number of benzene rings is 3. The Balaban J connectivity index is 1.83. The molecule has 0 aliphatic rings. The van der Waals surface area contributed by atoms with Gasteiger partial charge in [0.25, 0.3) is 5.91 Å². The number of amides is 1. The fraction of sp³-hybridized carbons (Fsp3) is 0.276. The molecule has 0 radical (unpaired) electrons. The number of furan rings is 1. The van der Waals surface area contributed by atoms with Crippen molar-refractivity contribution in [3.63, 3.8) is 0 Å². The van der Waals surface area contributed by atoms with Gasteiger partial charge in [-0.25, -0.2) is 0 Å². The van der Waals surface area contributed by atoms with E-state index >= 15 is 0 Å². The predicted molar refractivity (Wildman–Crippen MR) is 136 cm³/mol. The van der Waals surface area contributed by atoms with E-state index in [-0.39, 0.29) is 5.91 Å². The summed E-state index contributed by atoms with van der Waals surface area (Å²) in [6.45, 7) is 12.5. The van der Waals surface area contributed by atoms with Crippen molar-refractivity contribution >= 4 is 22.6 Å². The van der Waals surface area contributed by atoms with Gasteiger partial charge in [-0.05, 0) is 85.7 Å². The summed E-state index contributed by atoms with van der Waals surface area (Å²) in [6.07, 6.45) is 0. The fourth-order valence-electron chi connectivity index (χ4n) is 4.43. The molecule has 0 aliphatic carbocycles. The highest BCUT2D eigenvalue weighted by Gasteiger charge is 2.22. The lowest BCUT2D eigenvalue weighted by Crippen LogP contribution is -2.14. The molecule has 33 heavy (non-hydrogen) atoms. The van der Waals surface area contributed by atoms with Crippen molar-refractivity contribution in [1.29, 1.82) is 0 Å². The van der Waals surface area contributed by atoms with E-state index in [1.807, 2.05) is 13.8 Å². The number of nitrogens with one attached hydrogen (secondary N) is 1. The number of carbonyl (C=O) groups excluding carboxylic acids is 1. The van der Waals surface area contributed by atoms with Crippen LogP contribution in [-0.4, -0.2) is 13.0 Å². The van der Waals surface area contributed by atoms with E-state index in [9.17, 15) is 4.79 Å². The summed E-state index contributed by atoms with van der Waals surface area (Å²) in [7, 11) is 1.61. The number of methoxy groups -OCH3 is 1. The minimum absolute atomic E-state index is 0.148. The number of ether oxygens (including phenoxy) is 1. The lowest BCUT2D eigenvalue weighted by molar-refractivity contribution is 0.102. The van der Waals surface area contributed by atoms with Crippen molar-refractivity contribution in [3.05, 3.63) is 82.1 Å². The first-order valence-corrected chi connectivity index (χ1v) is 11.3. The number of rotatable bonds is 5. The van der Waals surface area contributed by atoms with Crippen molar-refractivity contribution in [3.8, 4) is 16.9 Å². The molecule has 0 bridgehead atoms. The zero-order chi connectivity index (χ0) is 23.9. The molecule has 170 valence electrons. The van der Waals surface area contributed by atoms with Gasteiger partial charge < -0.3 is 14.5 Å². The molecule has 0 aliphatic heterocycles. The van der Waals surface area contributed by atoms with Gasteiger partial charge in [-0.3, -0.25) is 4.79 Å². The normalized spacial score (nSPS) is 11.3. The molecule has 1 aromatic heterocycles. The van der Waals surface area contributed by atoms with E-state index in [0.29, 0.717) is 11.5 Å². The molecule has 0 atom stereocenters. The number of aryl methyl sites for hydroxylation is 3. The second-order valence-corrected chi connectivity index (χ2v) is 8.95. The van der Waals surface area contributed by atoms with Gasteiger partial charge >= 0.3 is 0 Å². The molecule has 4 nitrogen and oxygen atoms in total. The molecule has 0 unspecified atom stereocenters. The highest BCUT2D eigenvalue weighted by Crippen LogP contribution is 2.42. The van der Waals surface area contributed by atoms with Crippen LogP contribution < -0.4 is 10.1 Å². The third kappa shape index (κ3) is 4.02. The summed E-state index contributed by atoms with van der Waals surface area (Å²) in [5.74, 6) is 1.93. The Morgan fingerprint density at radius 2 is 1.52 bits per heavy atom. The third-order valence-electron chi connectivity index (χ3n) is 6.57. The second kappa shape index (κ2) is 8.78. The van der Waals surface area contributed by atoms with Crippen LogP contribution in [0.15, 0.2) is 52.9 Å². The smallest absolute Gasteiger partial charge is 0.255 e. The topological polar surface area (TPSA) is 51.5 Å². The lowest BCUT2D eigenvalue weighted by atomic mass is 9.92. The fourth-order valence-corrected chi connectivity index (χ4v) is 4.43. The van der Waals surface area contributed by atoms with Crippen LogP contribution in [0.4, 0.5) is 5.69 Å². The van der Waals surface area contributed by atoms with Crippen LogP contribution in [0, 0.1) is 27.7 Å². The Morgan fingerprint density at radius 1 is 0.879 bits per heavy atom. The van der Waals surface area contributed by atoms with Gasteiger partial charge in [-0.1, -0.05) is 38.1 Å². The Morgan fingerprint density at radius 3 is 2.09 bits per heavy atom. The molecule has 0 fully saturated rings. The summed E-state index contributed by atoms with van der Waals surface area (Å²) in [4.78, 5) is 13.1. The number of fused-ring (bicyclic) bond motifs is 1. The highest BCUT2D eigenvalue weighted by atomic mass is 16.5. The summed E-state index contributed by atoms with van der Waals surface area (Å²) < 4.78 is 11.5. The minimum Gasteiger partial charge on any atom is -0.497 e. The van der Waals surface area contributed by atoms with Gasteiger partial charge in [0.15, 0.2) is 0 Å². The first kappa shape index (κ1) is 22.7. The molecule has 0 spiro atoms. The Hall–Kier alpha value is -3.53. The Kier molecular flexibility index (Phi) is 6.03. The molecule has 1 N–H and O–H groups in total. The zero-order valence-corrected chi connectivity index (χ0v) is 20.4. The van der Waals surface area contributed by atoms with Gasteiger partial charge in [0.2, 0.25) is 0 Å². The van der Waals surface area contributed by atoms with Gasteiger partial charge in [-0.15, -0.1) is 0 Å². The second-order valence-electron chi connectivity index (χ2n) is 8.95. The van der Waals surface area contributed by atoms with Crippen LogP contribution in [0.5, 0.6) is 5.75 Å². The maximum Gasteiger partial charge on any atom is 0.255 e. The molecule has 1 heterocycles. The lowest BCUT2D eigenvalue weighted by Gasteiger charge is -2.16. The Labute approximate surface area is 195 Å². The predicted octanol–water partition coefficient (Wildman–Crippen LogP) is 7.72. The first-order chi connectivity index (χ1) is 15.7. The van der Waals surface area contributed by atoms with Crippen LogP contribution in [0.1, 0.15) is 58.1 Å². The van der Waals surface area contributed by atoms with Gasteiger partial charge in [0.1, 0.15) is 17.1 Å².